The Bertz CT molecular complexity index is 368. The van der Waals surface area contributed by atoms with E-state index >= 15 is 0 Å². The van der Waals surface area contributed by atoms with E-state index in [1.54, 1.807) is 24.3 Å². The first-order valence-electron chi connectivity index (χ1n) is 5.10. The van der Waals surface area contributed by atoms with Gasteiger partial charge in [0.15, 0.2) is 5.78 Å². The van der Waals surface area contributed by atoms with E-state index in [1.807, 2.05) is 6.92 Å². The van der Waals surface area contributed by atoms with Crippen molar-refractivity contribution in [3.63, 3.8) is 0 Å². The Labute approximate surface area is 101 Å². The van der Waals surface area contributed by atoms with Crippen LogP contribution in [0.4, 0.5) is 0 Å². The van der Waals surface area contributed by atoms with Crippen LogP contribution in [0.3, 0.4) is 0 Å². The van der Waals surface area contributed by atoms with Gasteiger partial charge in [0.1, 0.15) is 6.61 Å². The zero-order valence-electron chi connectivity index (χ0n) is 9.33. The molecule has 0 aliphatic carbocycles. The third-order valence-corrected chi connectivity index (χ3v) is 2.32. The number of Topliss-reactive ketones (excluding diaryl/α,β-unsaturated/α-hetero) is 1. The van der Waals surface area contributed by atoms with Crippen LogP contribution >= 0.6 is 11.6 Å². The molecule has 86 valence electrons. The average Bonchev–Trinajstić information content (AvgIpc) is 2.25. The monoisotopic (exact) mass is 238 g/mol. The summed E-state index contributed by atoms with van der Waals surface area (Å²) >= 11 is 5.73. The fourth-order valence-corrected chi connectivity index (χ4v) is 1.26. The number of hydrogen-bond donors (Lipinski definition) is 0. The van der Waals surface area contributed by atoms with E-state index in [0.29, 0.717) is 17.2 Å². The van der Waals surface area contributed by atoms with Crippen molar-refractivity contribution < 1.29 is 9.53 Å². The van der Waals surface area contributed by atoms with Gasteiger partial charge in [0.25, 0.3) is 0 Å². The van der Waals surface area contributed by atoms with Crippen molar-refractivity contribution in [3.8, 4) is 0 Å². The predicted octanol–water partition coefficient (Wildman–Crippen LogP) is 3.51. The molecule has 0 heterocycles. The molecule has 0 aromatic heterocycles. The van der Waals surface area contributed by atoms with E-state index in [4.69, 9.17) is 16.3 Å². The number of carbonyl (C=O) groups is 1. The smallest absolute Gasteiger partial charge is 0.188 e. The van der Waals surface area contributed by atoms with Gasteiger partial charge in [-0.3, -0.25) is 4.79 Å². The summed E-state index contributed by atoms with van der Waals surface area (Å²) in [5.41, 5.74) is 1.68. The highest BCUT2D eigenvalue weighted by atomic mass is 35.5. The molecule has 0 atom stereocenters. The molecule has 0 fully saturated rings. The lowest BCUT2D eigenvalue weighted by molar-refractivity contribution is 0.0765. The largest absolute Gasteiger partial charge is 0.373 e. The minimum atomic E-state index is -0.0293. The molecule has 0 saturated heterocycles. The first-order chi connectivity index (χ1) is 7.59. The number of rotatable bonds is 6. The fraction of sp³-hybridized carbons (Fsp3) is 0.308. The summed E-state index contributed by atoms with van der Waals surface area (Å²) in [4.78, 5) is 11.6. The van der Waals surface area contributed by atoms with Crippen LogP contribution < -0.4 is 0 Å². The van der Waals surface area contributed by atoms with Crippen LogP contribution in [-0.2, 0) is 4.74 Å². The molecule has 16 heavy (non-hydrogen) atoms. The molecule has 1 aromatic rings. The maximum atomic E-state index is 11.6. The quantitative estimate of drug-likeness (QED) is 0.431. The van der Waals surface area contributed by atoms with Gasteiger partial charge in [-0.1, -0.05) is 17.2 Å². The standard InChI is InChI=1S/C13H15ClO2/c1-10(2)7-8-16-9-13(15)11-3-5-12(14)6-4-11/h3-6H,1,7-9H2,2H3. The molecule has 3 heteroatoms. The lowest BCUT2D eigenvalue weighted by atomic mass is 10.1. The molecule has 0 aliphatic heterocycles. The number of ether oxygens (including phenoxy) is 1. The number of halogens is 1. The zero-order valence-corrected chi connectivity index (χ0v) is 10.1. The van der Waals surface area contributed by atoms with Crippen molar-refractivity contribution in [1.82, 2.24) is 0 Å². The van der Waals surface area contributed by atoms with Crippen molar-refractivity contribution in [2.75, 3.05) is 13.2 Å². The van der Waals surface area contributed by atoms with Crippen LogP contribution in [0, 0.1) is 0 Å². The van der Waals surface area contributed by atoms with E-state index < -0.39 is 0 Å². The van der Waals surface area contributed by atoms with Crippen LogP contribution in [-0.4, -0.2) is 19.0 Å². The first-order valence-corrected chi connectivity index (χ1v) is 5.48. The summed E-state index contributed by atoms with van der Waals surface area (Å²) in [7, 11) is 0. The van der Waals surface area contributed by atoms with Gasteiger partial charge in [-0.15, -0.1) is 6.58 Å². The maximum absolute atomic E-state index is 11.6. The highest BCUT2D eigenvalue weighted by Crippen LogP contribution is 2.10. The van der Waals surface area contributed by atoms with Gasteiger partial charge < -0.3 is 4.74 Å². The van der Waals surface area contributed by atoms with Crippen molar-refractivity contribution >= 4 is 17.4 Å². The van der Waals surface area contributed by atoms with Gasteiger partial charge in [0.05, 0.1) is 6.61 Å². The van der Waals surface area contributed by atoms with Crippen LogP contribution in [0.5, 0.6) is 0 Å². The molecule has 0 amide bonds. The summed E-state index contributed by atoms with van der Waals surface area (Å²) in [6.45, 7) is 6.34. The SMILES string of the molecule is C=C(C)CCOCC(=O)c1ccc(Cl)cc1. The number of benzene rings is 1. The Hall–Kier alpha value is -1.12. The van der Waals surface area contributed by atoms with Crippen LogP contribution in [0.2, 0.25) is 5.02 Å². The topological polar surface area (TPSA) is 26.3 Å². The second-order valence-electron chi connectivity index (χ2n) is 3.69. The highest BCUT2D eigenvalue weighted by molar-refractivity contribution is 6.30. The Morgan fingerprint density at radius 1 is 1.38 bits per heavy atom. The molecule has 2 nitrogen and oxygen atoms in total. The van der Waals surface area contributed by atoms with Crippen molar-refractivity contribution in [1.29, 1.82) is 0 Å². The molecular weight excluding hydrogens is 224 g/mol. The summed E-state index contributed by atoms with van der Waals surface area (Å²) in [5.74, 6) is -0.0293. The van der Waals surface area contributed by atoms with Gasteiger partial charge >= 0.3 is 0 Å². The van der Waals surface area contributed by atoms with E-state index in [1.165, 1.54) is 0 Å². The summed E-state index contributed by atoms with van der Waals surface area (Å²) in [5, 5.41) is 0.625. The second-order valence-corrected chi connectivity index (χ2v) is 4.13. The summed E-state index contributed by atoms with van der Waals surface area (Å²) in [6, 6.07) is 6.80. The van der Waals surface area contributed by atoms with E-state index in [2.05, 4.69) is 6.58 Å². The van der Waals surface area contributed by atoms with Crippen molar-refractivity contribution in [2.24, 2.45) is 0 Å². The van der Waals surface area contributed by atoms with E-state index in [0.717, 1.165) is 12.0 Å². The summed E-state index contributed by atoms with van der Waals surface area (Å²) in [6.07, 6.45) is 0.786. The highest BCUT2D eigenvalue weighted by Gasteiger charge is 2.05. The lowest BCUT2D eigenvalue weighted by Crippen LogP contribution is -2.09. The predicted molar refractivity (Wildman–Crippen MR) is 66.0 cm³/mol. The van der Waals surface area contributed by atoms with Crippen molar-refractivity contribution in [2.45, 2.75) is 13.3 Å². The fourth-order valence-electron chi connectivity index (χ4n) is 1.13. The Balaban J connectivity index is 2.35. The Kier molecular flexibility index (Phi) is 5.23. The molecule has 0 radical (unpaired) electrons. The maximum Gasteiger partial charge on any atom is 0.188 e. The van der Waals surface area contributed by atoms with Gasteiger partial charge in [-0.25, -0.2) is 0 Å². The molecule has 0 spiro atoms. The molecule has 1 aromatic carbocycles. The Morgan fingerprint density at radius 3 is 2.56 bits per heavy atom. The minimum absolute atomic E-state index is 0.0293. The molecule has 0 saturated carbocycles. The third kappa shape index (κ3) is 4.60. The average molecular weight is 239 g/mol. The van der Waals surface area contributed by atoms with E-state index in [9.17, 15) is 4.79 Å². The lowest BCUT2D eigenvalue weighted by Gasteiger charge is -2.03. The molecule has 0 bridgehead atoms. The molecule has 0 unspecified atom stereocenters. The molecule has 0 N–H and O–H groups in total. The van der Waals surface area contributed by atoms with Gasteiger partial charge in [0, 0.05) is 10.6 Å². The van der Waals surface area contributed by atoms with Gasteiger partial charge in [0.2, 0.25) is 0 Å². The summed E-state index contributed by atoms with van der Waals surface area (Å²) < 4.78 is 5.25. The Morgan fingerprint density at radius 2 is 2.00 bits per heavy atom. The minimum Gasteiger partial charge on any atom is -0.373 e. The first kappa shape index (κ1) is 12.9. The normalized spacial score (nSPS) is 10.1. The van der Waals surface area contributed by atoms with Gasteiger partial charge in [-0.2, -0.15) is 0 Å². The number of carbonyl (C=O) groups excluding carboxylic acids is 1. The van der Waals surface area contributed by atoms with Gasteiger partial charge in [-0.05, 0) is 37.6 Å². The molecular formula is C13H15ClO2. The van der Waals surface area contributed by atoms with E-state index in [-0.39, 0.29) is 12.4 Å². The third-order valence-electron chi connectivity index (χ3n) is 2.07. The van der Waals surface area contributed by atoms with Crippen LogP contribution in [0.15, 0.2) is 36.4 Å². The van der Waals surface area contributed by atoms with Crippen molar-refractivity contribution in [3.05, 3.63) is 47.0 Å². The number of hydrogen-bond acceptors (Lipinski definition) is 2. The molecule has 0 aliphatic rings. The van der Waals surface area contributed by atoms with Crippen LogP contribution in [0.25, 0.3) is 0 Å². The van der Waals surface area contributed by atoms with Crippen LogP contribution in [0.1, 0.15) is 23.7 Å². The zero-order chi connectivity index (χ0) is 12.0. The molecule has 1 rings (SSSR count). The number of ketones is 1. The second kappa shape index (κ2) is 6.46.